The maximum Gasteiger partial charge on any atom is 0.267 e. The van der Waals surface area contributed by atoms with Crippen molar-refractivity contribution in [3.05, 3.63) is 130 Å². The van der Waals surface area contributed by atoms with Crippen LogP contribution in [0.25, 0.3) is 11.1 Å². The average molecular weight is 567 g/mol. The van der Waals surface area contributed by atoms with Crippen molar-refractivity contribution in [3.63, 3.8) is 0 Å². The minimum absolute atomic E-state index is 0.0615. The van der Waals surface area contributed by atoms with E-state index in [9.17, 15) is 23.6 Å². The Bertz CT molecular complexity index is 1760. The molecule has 202 valence electrons. The summed E-state index contributed by atoms with van der Waals surface area (Å²) in [6.45, 7) is -0.0615. The molecule has 0 saturated heterocycles. The van der Waals surface area contributed by atoms with E-state index in [1.54, 1.807) is 60.7 Å². The molecule has 0 bridgehead atoms. The molecule has 41 heavy (non-hydrogen) atoms. The number of carbonyl (C=O) groups is 2. The minimum atomic E-state index is -0.500. The highest BCUT2D eigenvalue weighted by Crippen LogP contribution is 2.28. The van der Waals surface area contributed by atoms with Gasteiger partial charge in [-0.05, 0) is 65.7 Å². The lowest BCUT2D eigenvalue weighted by Gasteiger charge is -2.10. The predicted molar refractivity (Wildman–Crippen MR) is 151 cm³/mol. The quantitative estimate of drug-likeness (QED) is 0.212. The summed E-state index contributed by atoms with van der Waals surface area (Å²) in [7, 11) is 0. The van der Waals surface area contributed by atoms with Crippen molar-refractivity contribution in [2.45, 2.75) is 6.54 Å². The smallest absolute Gasteiger partial charge is 0.267 e. The zero-order valence-corrected chi connectivity index (χ0v) is 22.0. The molecule has 1 aromatic heterocycles. The monoisotopic (exact) mass is 566 g/mol. The Kier molecular flexibility index (Phi) is 8.08. The number of hydrogen-bond acceptors (Lipinski definition) is 6. The summed E-state index contributed by atoms with van der Waals surface area (Å²) in [5, 5.41) is 14.6. The standard InChI is InChI=1S/C31H20F2N4O3S/c32-23-9-13-25(14-10-23)40-31-28(41-18-36-31)30(39)35-17-22-6-5-20(15-27(22)33)19-7-11-24(12-8-19)37-29(38)26-4-2-1-3-21(26)16-34/h1-15,18H,17H2,(H,35,39)(H,37,38). The summed E-state index contributed by atoms with van der Waals surface area (Å²) < 4.78 is 33.7. The van der Waals surface area contributed by atoms with Crippen LogP contribution in [0.3, 0.4) is 0 Å². The third kappa shape index (κ3) is 6.43. The molecule has 1 heterocycles. The number of nitriles is 1. The van der Waals surface area contributed by atoms with Crippen molar-refractivity contribution < 1.29 is 23.1 Å². The molecule has 0 spiro atoms. The molecule has 4 aromatic carbocycles. The van der Waals surface area contributed by atoms with Gasteiger partial charge in [-0.1, -0.05) is 36.4 Å². The van der Waals surface area contributed by atoms with Crippen molar-refractivity contribution in [1.82, 2.24) is 10.3 Å². The molecular weight excluding hydrogens is 546 g/mol. The van der Waals surface area contributed by atoms with E-state index < -0.39 is 23.4 Å². The number of rotatable bonds is 8. The van der Waals surface area contributed by atoms with Crippen LogP contribution in [0.1, 0.15) is 31.2 Å². The number of anilines is 1. The highest BCUT2D eigenvalue weighted by Gasteiger charge is 2.18. The third-order valence-electron chi connectivity index (χ3n) is 6.03. The molecule has 0 radical (unpaired) electrons. The van der Waals surface area contributed by atoms with E-state index in [1.807, 2.05) is 6.07 Å². The van der Waals surface area contributed by atoms with Crippen LogP contribution in [-0.4, -0.2) is 16.8 Å². The van der Waals surface area contributed by atoms with Gasteiger partial charge in [0.2, 0.25) is 5.88 Å². The predicted octanol–water partition coefficient (Wildman–Crippen LogP) is 6.93. The van der Waals surface area contributed by atoms with Crippen LogP contribution in [0.15, 0.2) is 96.5 Å². The molecular formula is C31H20F2N4O3S. The Balaban J connectivity index is 1.21. The van der Waals surface area contributed by atoms with Gasteiger partial charge in [-0.25, -0.2) is 13.8 Å². The van der Waals surface area contributed by atoms with Crippen molar-refractivity contribution in [2.24, 2.45) is 0 Å². The number of thiazole rings is 1. The Morgan fingerprint density at radius 3 is 2.37 bits per heavy atom. The fourth-order valence-electron chi connectivity index (χ4n) is 3.92. The third-order valence-corrected chi connectivity index (χ3v) is 6.84. The Morgan fingerprint density at radius 1 is 0.902 bits per heavy atom. The molecule has 0 unspecified atom stereocenters. The van der Waals surface area contributed by atoms with E-state index >= 15 is 0 Å². The normalized spacial score (nSPS) is 10.5. The van der Waals surface area contributed by atoms with Gasteiger partial charge in [-0.2, -0.15) is 5.26 Å². The average Bonchev–Trinajstić information content (AvgIpc) is 3.46. The van der Waals surface area contributed by atoms with Gasteiger partial charge in [-0.3, -0.25) is 9.59 Å². The van der Waals surface area contributed by atoms with Crippen molar-refractivity contribution in [1.29, 1.82) is 5.26 Å². The summed E-state index contributed by atoms with van der Waals surface area (Å²) >= 11 is 1.07. The molecule has 5 rings (SSSR count). The SMILES string of the molecule is N#Cc1ccccc1C(=O)Nc1ccc(-c2ccc(CNC(=O)c3scnc3Oc3ccc(F)cc3)c(F)c2)cc1. The molecule has 7 nitrogen and oxygen atoms in total. The van der Waals surface area contributed by atoms with Gasteiger partial charge in [0.05, 0.1) is 22.7 Å². The van der Waals surface area contributed by atoms with Crippen molar-refractivity contribution >= 4 is 28.8 Å². The lowest BCUT2D eigenvalue weighted by Crippen LogP contribution is -2.22. The first-order valence-corrected chi connectivity index (χ1v) is 13.1. The van der Waals surface area contributed by atoms with Gasteiger partial charge < -0.3 is 15.4 Å². The van der Waals surface area contributed by atoms with Gasteiger partial charge >= 0.3 is 0 Å². The van der Waals surface area contributed by atoms with Gasteiger partial charge in [0.1, 0.15) is 17.4 Å². The second kappa shape index (κ2) is 12.2. The maximum atomic E-state index is 14.9. The summed E-state index contributed by atoms with van der Waals surface area (Å²) in [5.74, 6) is -1.40. The van der Waals surface area contributed by atoms with Gasteiger partial charge in [0.25, 0.3) is 11.8 Å². The van der Waals surface area contributed by atoms with Crippen molar-refractivity contribution in [2.75, 3.05) is 5.32 Å². The topological polar surface area (TPSA) is 104 Å². The molecule has 5 aromatic rings. The molecule has 0 aliphatic rings. The summed E-state index contributed by atoms with van der Waals surface area (Å²) in [5.41, 5.74) is 4.15. The number of nitrogens with zero attached hydrogens (tertiary/aromatic N) is 2. The largest absolute Gasteiger partial charge is 0.437 e. The Labute approximate surface area is 237 Å². The van der Waals surface area contributed by atoms with Crippen LogP contribution in [0, 0.1) is 23.0 Å². The second-order valence-electron chi connectivity index (χ2n) is 8.72. The number of amides is 2. The zero-order chi connectivity index (χ0) is 28.8. The van der Waals surface area contributed by atoms with Crippen LogP contribution in [0.5, 0.6) is 11.6 Å². The van der Waals surface area contributed by atoms with Gasteiger partial charge in [0, 0.05) is 17.8 Å². The van der Waals surface area contributed by atoms with Crippen LogP contribution in [0.4, 0.5) is 14.5 Å². The van der Waals surface area contributed by atoms with Crippen LogP contribution in [-0.2, 0) is 6.54 Å². The maximum absolute atomic E-state index is 14.9. The van der Waals surface area contributed by atoms with E-state index in [2.05, 4.69) is 15.6 Å². The first-order valence-electron chi connectivity index (χ1n) is 12.3. The van der Waals surface area contributed by atoms with Crippen LogP contribution >= 0.6 is 11.3 Å². The minimum Gasteiger partial charge on any atom is -0.437 e. The van der Waals surface area contributed by atoms with Crippen LogP contribution in [0.2, 0.25) is 0 Å². The Hall–Kier alpha value is -5.40. The lowest BCUT2D eigenvalue weighted by molar-refractivity contribution is 0.0951. The van der Waals surface area contributed by atoms with E-state index in [0.717, 1.165) is 16.9 Å². The lowest BCUT2D eigenvalue weighted by atomic mass is 10.0. The highest BCUT2D eigenvalue weighted by atomic mass is 32.1. The molecule has 0 aliphatic carbocycles. The summed E-state index contributed by atoms with van der Waals surface area (Å²) in [4.78, 5) is 29.5. The van der Waals surface area contributed by atoms with E-state index in [0.29, 0.717) is 17.0 Å². The van der Waals surface area contributed by atoms with Crippen molar-refractivity contribution in [3.8, 4) is 28.8 Å². The number of benzene rings is 4. The molecule has 2 N–H and O–H groups in total. The van der Waals surface area contributed by atoms with Crippen LogP contribution < -0.4 is 15.4 Å². The zero-order valence-electron chi connectivity index (χ0n) is 21.2. The van der Waals surface area contributed by atoms with E-state index in [1.165, 1.54) is 35.8 Å². The number of halogens is 2. The molecule has 0 atom stereocenters. The highest BCUT2D eigenvalue weighted by molar-refractivity contribution is 7.12. The fraction of sp³-hybridized carbons (Fsp3) is 0.0323. The molecule has 2 amide bonds. The van der Waals surface area contributed by atoms with Gasteiger partial charge in [-0.15, -0.1) is 11.3 Å². The molecule has 0 aliphatic heterocycles. The van der Waals surface area contributed by atoms with E-state index in [4.69, 9.17) is 4.74 Å². The number of ether oxygens (including phenoxy) is 1. The Morgan fingerprint density at radius 2 is 1.63 bits per heavy atom. The summed E-state index contributed by atoms with van der Waals surface area (Å²) in [6, 6.07) is 25.4. The number of carbonyl (C=O) groups excluding carboxylic acids is 2. The first kappa shape index (κ1) is 27.2. The fourth-order valence-corrected chi connectivity index (χ4v) is 4.55. The molecule has 0 saturated carbocycles. The number of aromatic nitrogens is 1. The first-order chi connectivity index (χ1) is 19.9. The number of hydrogen-bond donors (Lipinski definition) is 2. The second-order valence-corrected chi connectivity index (χ2v) is 9.58. The van der Waals surface area contributed by atoms with Gasteiger partial charge in [0.15, 0.2) is 4.88 Å². The molecule has 0 fully saturated rings. The molecule has 10 heteroatoms. The summed E-state index contributed by atoms with van der Waals surface area (Å²) in [6.07, 6.45) is 0. The number of nitrogens with one attached hydrogen (secondary N) is 2. The van der Waals surface area contributed by atoms with E-state index in [-0.39, 0.29) is 34.0 Å².